The van der Waals surface area contributed by atoms with Crippen LogP contribution in [-0.2, 0) is 24.1 Å². The van der Waals surface area contributed by atoms with Crippen LogP contribution in [0.1, 0.15) is 26.5 Å². The fourth-order valence-electron chi connectivity index (χ4n) is 4.26. The Hall–Kier alpha value is -3.36. The van der Waals surface area contributed by atoms with Crippen LogP contribution < -0.4 is 15.0 Å². The highest BCUT2D eigenvalue weighted by Crippen LogP contribution is 2.25. The molecule has 3 aromatic rings. The average Bonchev–Trinajstić information content (AvgIpc) is 3.30. The third kappa shape index (κ3) is 6.01. The molecule has 1 aromatic carbocycles. The highest BCUT2D eigenvalue weighted by molar-refractivity contribution is 7.09. The summed E-state index contributed by atoms with van der Waals surface area (Å²) in [7, 11) is 3.01. The highest BCUT2D eigenvalue weighted by atomic mass is 32.1. The Labute approximate surface area is 209 Å². The van der Waals surface area contributed by atoms with Crippen molar-refractivity contribution in [3.05, 3.63) is 86.0 Å². The Morgan fingerprint density at radius 3 is 2.71 bits per heavy atom. The number of methoxy groups -OCH3 is 2. The predicted molar refractivity (Wildman–Crippen MR) is 138 cm³/mol. The molecule has 4 rings (SSSR count). The minimum atomic E-state index is -0.482. The molecule has 0 unspecified atom stereocenters. The summed E-state index contributed by atoms with van der Waals surface area (Å²) in [5, 5.41) is 2.02. The van der Waals surface area contributed by atoms with Crippen molar-refractivity contribution in [2.24, 2.45) is 0 Å². The van der Waals surface area contributed by atoms with Crippen molar-refractivity contribution in [2.75, 3.05) is 40.5 Å². The van der Waals surface area contributed by atoms with Gasteiger partial charge in [0.2, 0.25) is 0 Å². The summed E-state index contributed by atoms with van der Waals surface area (Å²) in [6, 6.07) is 13.3. The van der Waals surface area contributed by atoms with E-state index >= 15 is 0 Å². The lowest BCUT2D eigenvalue weighted by Crippen LogP contribution is -2.29. The average molecular weight is 495 g/mol. The molecule has 0 atom stereocenters. The van der Waals surface area contributed by atoms with Crippen LogP contribution in [0.3, 0.4) is 0 Å². The van der Waals surface area contributed by atoms with E-state index in [1.54, 1.807) is 23.0 Å². The molecule has 0 fully saturated rings. The number of fused-ring (bicyclic) bond motifs is 1. The van der Waals surface area contributed by atoms with Crippen molar-refractivity contribution in [3.63, 3.8) is 0 Å². The molecule has 0 N–H and O–H groups in total. The number of hydrogen-bond acceptors (Lipinski definition) is 7. The first-order valence-corrected chi connectivity index (χ1v) is 12.5. The number of carbonyl (C=O) groups is 1. The summed E-state index contributed by atoms with van der Waals surface area (Å²) in [6.07, 6.45) is 5.40. The molecule has 3 heterocycles. The standard InChI is InChI=1S/C27H30N2O5S/c1-32-23-10-4-3-7-20(23)8-5-13-28-14-11-22-26(27(31)33-2)24(19-25(30)29(22)16-15-28)34-17-12-21-9-6-18-35-21/h3-10,18-19H,11-17H2,1-2H3/b8-5+. The lowest BCUT2D eigenvalue weighted by Gasteiger charge is -2.17. The zero-order valence-corrected chi connectivity index (χ0v) is 20.9. The SMILES string of the molecule is COC(=O)c1c(OCCc2cccs2)cc(=O)n2c1CCN(C/C=C/c1ccccc1OC)CC2. The van der Waals surface area contributed by atoms with Gasteiger partial charge in [0.15, 0.2) is 0 Å². The van der Waals surface area contributed by atoms with Gasteiger partial charge in [-0.3, -0.25) is 9.69 Å². The maximum absolute atomic E-state index is 13.0. The highest BCUT2D eigenvalue weighted by Gasteiger charge is 2.26. The second-order valence-electron chi connectivity index (χ2n) is 8.18. The van der Waals surface area contributed by atoms with Crippen LogP contribution in [-0.4, -0.2) is 55.9 Å². The molecule has 0 saturated carbocycles. The maximum Gasteiger partial charge on any atom is 0.343 e. The fourth-order valence-corrected chi connectivity index (χ4v) is 4.95. The molecule has 0 radical (unpaired) electrons. The third-order valence-electron chi connectivity index (χ3n) is 6.06. The summed E-state index contributed by atoms with van der Waals surface area (Å²) >= 11 is 1.65. The monoisotopic (exact) mass is 494 g/mol. The van der Waals surface area contributed by atoms with E-state index in [2.05, 4.69) is 11.0 Å². The van der Waals surface area contributed by atoms with Gasteiger partial charge < -0.3 is 18.8 Å². The number of aromatic nitrogens is 1. The van der Waals surface area contributed by atoms with Crippen molar-refractivity contribution in [1.29, 1.82) is 0 Å². The van der Waals surface area contributed by atoms with Gasteiger partial charge in [-0.25, -0.2) is 4.79 Å². The van der Waals surface area contributed by atoms with E-state index in [1.165, 1.54) is 18.1 Å². The molecular weight excluding hydrogens is 464 g/mol. The van der Waals surface area contributed by atoms with Crippen LogP contribution in [0.5, 0.6) is 11.5 Å². The molecule has 8 heteroatoms. The second-order valence-corrected chi connectivity index (χ2v) is 9.22. The van der Waals surface area contributed by atoms with E-state index in [0.29, 0.717) is 56.1 Å². The third-order valence-corrected chi connectivity index (χ3v) is 7.00. The topological polar surface area (TPSA) is 70.0 Å². The lowest BCUT2D eigenvalue weighted by atomic mass is 10.1. The van der Waals surface area contributed by atoms with Crippen molar-refractivity contribution in [1.82, 2.24) is 9.47 Å². The minimum absolute atomic E-state index is 0.162. The quantitative estimate of drug-likeness (QED) is 0.420. The van der Waals surface area contributed by atoms with Crippen LogP contribution in [0.4, 0.5) is 0 Å². The Bertz CT molecular complexity index is 1230. The molecule has 0 spiro atoms. The van der Waals surface area contributed by atoms with E-state index < -0.39 is 5.97 Å². The van der Waals surface area contributed by atoms with Crippen molar-refractivity contribution >= 4 is 23.4 Å². The fraction of sp³-hybridized carbons (Fsp3) is 0.333. The smallest absolute Gasteiger partial charge is 0.343 e. The summed E-state index contributed by atoms with van der Waals surface area (Å²) < 4.78 is 18.1. The molecular formula is C27H30N2O5S. The molecule has 1 aliphatic rings. The number of para-hydroxylation sites is 1. The largest absolute Gasteiger partial charge is 0.496 e. The number of pyridine rings is 1. The van der Waals surface area contributed by atoms with Gasteiger partial charge in [0.05, 0.1) is 20.8 Å². The molecule has 2 aromatic heterocycles. The van der Waals surface area contributed by atoms with Gasteiger partial charge in [-0.2, -0.15) is 0 Å². The van der Waals surface area contributed by atoms with Gasteiger partial charge in [-0.1, -0.05) is 36.4 Å². The number of hydrogen-bond donors (Lipinski definition) is 0. The Morgan fingerprint density at radius 2 is 1.94 bits per heavy atom. The van der Waals surface area contributed by atoms with E-state index in [9.17, 15) is 9.59 Å². The van der Waals surface area contributed by atoms with E-state index in [-0.39, 0.29) is 5.56 Å². The van der Waals surface area contributed by atoms with Crippen LogP contribution in [0.15, 0.2) is 58.7 Å². The zero-order chi connectivity index (χ0) is 24.6. The van der Waals surface area contributed by atoms with Crippen LogP contribution >= 0.6 is 11.3 Å². The molecule has 1 aliphatic heterocycles. The minimum Gasteiger partial charge on any atom is -0.496 e. The van der Waals surface area contributed by atoms with E-state index in [4.69, 9.17) is 14.2 Å². The molecule has 0 bridgehead atoms. The van der Waals surface area contributed by atoms with E-state index in [0.717, 1.165) is 17.9 Å². The molecule has 0 aliphatic carbocycles. The predicted octanol–water partition coefficient (Wildman–Crippen LogP) is 3.90. The number of rotatable bonds is 9. The summed E-state index contributed by atoms with van der Waals surface area (Å²) in [4.78, 5) is 29.1. The van der Waals surface area contributed by atoms with E-state index in [1.807, 2.05) is 47.9 Å². The van der Waals surface area contributed by atoms with Crippen LogP contribution in [0.2, 0.25) is 0 Å². The first kappa shape index (κ1) is 24.8. The van der Waals surface area contributed by atoms with Crippen LogP contribution in [0, 0.1) is 0 Å². The summed E-state index contributed by atoms with van der Waals surface area (Å²) in [5.74, 6) is 0.645. The molecule has 7 nitrogen and oxygen atoms in total. The lowest BCUT2D eigenvalue weighted by molar-refractivity contribution is 0.0593. The number of esters is 1. The summed E-state index contributed by atoms with van der Waals surface area (Å²) in [6.45, 7) is 3.00. The van der Waals surface area contributed by atoms with Crippen molar-refractivity contribution in [2.45, 2.75) is 19.4 Å². The maximum atomic E-state index is 13.0. The second kappa shape index (κ2) is 11.9. The summed E-state index contributed by atoms with van der Waals surface area (Å²) in [5.41, 5.74) is 1.88. The van der Waals surface area contributed by atoms with Gasteiger partial charge in [-0.15, -0.1) is 11.3 Å². The molecule has 0 saturated heterocycles. The number of thiophene rings is 1. The zero-order valence-electron chi connectivity index (χ0n) is 20.1. The number of carbonyl (C=O) groups excluding carboxylic acids is 1. The first-order chi connectivity index (χ1) is 17.1. The van der Waals surface area contributed by atoms with Gasteiger partial charge >= 0.3 is 5.97 Å². The van der Waals surface area contributed by atoms with Gasteiger partial charge in [0.1, 0.15) is 17.1 Å². The Balaban J connectivity index is 1.49. The van der Waals surface area contributed by atoms with Crippen molar-refractivity contribution < 1.29 is 19.0 Å². The van der Waals surface area contributed by atoms with Gasteiger partial charge in [0, 0.05) is 61.2 Å². The van der Waals surface area contributed by atoms with Crippen LogP contribution in [0.25, 0.3) is 6.08 Å². The number of benzene rings is 1. The Kier molecular flexibility index (Phi) is 8.39. The number of ether oxygens (including phenoxy) is 3. The van der Waals surface area contributed by atoms with Gasteiger partial charge in [0.25, 0.3) is 5.56 Å². The molecule has 0 amide bonds. The number of nitrogens with zero attached hydrogens (tertiary/aromatic N) is 2. The normalized spacial score (nSPS) is 13.9. The van der Waals surface area contributed by atoms with Crippen molar-refractivity contribution in [3.8, 4) is 11.5 Å². The Morgan fingerprint density at radius 1 is 1.09 bits per heavy atom. The molecule has 184 valence electrons. The molecule has 35 heavy (non-hydrogen) atoms. The van der Waals surface area contributed by atoms with Gasteiger partial charge in [-0.05, 0) is 17.5 Å². The first-order valence-electron chi connectivity index (χ1n) is 11.6.